The first-order valence-electron chi connectivity index (χ1n) is 11.4. The molecule has 4 aromatic rings. The van der Waals surface area contributed by atoms with Crippen LogP contribution in [0.15, 0.2) is 55.1 Å². The van der Waals surface area contributed by atoms with Crippen molar-refractivity contribution in [3.63, 3.8) is 0 Å². The summed E-state index contributed by atoms with van der Waals surface area (Å²) < 4.78 is 45.2. The summed E-state index contributed by atoms with van der Waals surface area (Å²) in [7, 11) is 0.819. The zero-order chi connectivity index (χ0) is 26.6. The lowest BCUT2D eigenvalue weighted by atomic mass is 10.1. The molecule has 2 atom stereocenters. The molecule has 0 spiro atoms. The molecule has 0 radical (unpaired) electrons. The van der Waals surface area contributed by atoms with Crippen LogP contribution in [0.3, 0.4) is 0 Å². The number of para-hydroxylation sites is 1. The summed E-state index contributed by atoms with van der Waals surface area (Å²) in [5, 5.41) is 7.84. The smallest absolute Gasteiger partial charge is 0.231 e. The standard InChI is InChI=1S/C25H28N6O5S/c1-16(19-13-28-23(36-5)14-27-19)17(2)37(32,33)15-22-29-30-25(18-8-7-11-26-12-18)31(22)24-20(34-3)9-6-10-21(24)35-4/h6-14,16-17H,15H2,1-5H3/t16-,17-/m0/s1. The second-order valence-electron chi connectivity index (χ2n) is 8.31. The number of sulfone groups is 1. The average molecular weight is 525 g/mol. The van der Waals surface area contributed by atoms with Gasteiger partial charge in [0.2, 0.25) is 5.88 Å². The average Bonchev–Trinajstić information content (AvgIpc) is 3.34. The first-order valence-corrected chi connectivity index (χ1v) is 13.2. The van der Waals surface area contributed by atoms with Gasteiger partial charge in [-0.05, 0) is 31.2 Å². The Balaban J connectivity index is 1.79. The molecule has 37 heavy (non-hydrogen) atoms. The molecular formula is C25H28N6O5S. The van der Waals surface area contributed by atoms with Crippen molar-refractivity contribution >= 4 is 9.84 Å². The predicted octanol–water partition coefficient (Wildman–Crippen LogP) is 3.25. The molecule has 3 aromatic heterocycles. The maximum absolute atomic E-state index is 13.6. The molecule has 0 fully saturated rings. The van der Waals surface area contributed by atoms with Gasteiger partial charge in [0.15, 0.2) is 21.5 Å². The molecule has 4 rings (SSSR count). The molecule has 0 amide bonds. The molecule has 0 aliphatic heterocycles. The summed E-state index contributed by atoms with van der Waals surface area (Å²) in [5.41, 5.74) is 1.69. The van der Waals surface area contributed by atoms with E-state index in [0.717, 1.165) is 0 Å². The Labute approximate surface area is 215 Å². The van der Waals surface area contributed by atoms with E-state index in [0.29, 0.717) is 40.1 Å². The maximum atomic E-state index is 13.6. The predicted molar refractivity (Wildman–Crippen MR) is 137 cm³/mol. The minimum atomic E-state index is -3.73. The molecule has 0 saturated carbocycles. The molecule has 0 aliphatic carbocycles. The zero-order valence-corrected chi connectivity index (χ0v) is 22.0. The van der Waals surface area contributed by atoms with Crippen molar-refractivity contribution in [2.24, 2.45) is 0 Å². The number of aromatic nitrogens is 6. The number of methoxy groups -OCH3 is 3. The van der Waals surface area contributed by atoms with Crippen LogP contribution in [0.4, 0.5) is 0 Å². The third-order valence-electron chi connectivity index (χ3n) is 6.20. The largest absolute Gasteiger partial charge is 0.494 e. The fourth-order valence-electron chi connectivity index (χ4n) is 3.91. The summed E-state index contributed by atoms with van der Waals surface area (Å²) in [4.78, 5) is 12.7. The Bertz CT molecular complexity index is 1440. The number of benzene rings is 1. The Hall–Kier alpha value is -4.06. The van der Waals surface area contributed by atoms with Crippen molar-refractivity contribution in [3.8, 4) is 34.5 Å². The highest BCUT2D eigenvalue weighted by molar-refractivity contribution is 7.91. The number of hydrogen-bond acceptors (Lipinski definition) is 10. The fourth-order valence-corrected chi connectivity index (χ4v) is 5.48. The quantitative estimate of drug-likeness (QED) is 0.304. The summed E-state index contributed by atoms with van der Waals surface area (Å²) >= 11 is 0. The third kappa shape index (κ3) is 5.24. The lowest BCUT2D eigenvalue weighted by molar-refractivity contribution is 0.390. The van der Waals surface area contributed by atoms with Crippen LogP contribution < -0.4 is 14.2 Å². The first-order chi connectivity index (χ1) is 17.8. The number of hydrogen-bond donors (Lipinski definition) is 0. The monoisotopic (exact) mass is 524 g/mol. The van der Waals surface area contributed by atoms with Gasteiger partial charge < -0.3 is 14.2 Å². The van der Waals surface area contributed by atoms with E-state index in [2.05, 4.69) is 25.1 Å². The molecule has 11 nitrogen and oxygen atoms in total. The normalized spacial score (nSPS) is 13.1. The lowest BCUT2D eigenvalue weighted by Crippen LogP contribution is -2.27. The van der Waals surface area contributed by atoms with E-state index in [-0.39, 0.29) is 11.6 Å². The van der Waals surface area contributed by atoms with Gasteiger partial charge in [-0.25, -0.2) is 13.4 Å². The van der Waals surface area contributed by atoms with Gasteiger partial charge in [0.05, 0.1) is 44.7 Å². The van der Waals surface area contributed by atoms with Crippen LogP contribution in [0.5, 0.6) is 17.4 Å². The molecule has 0 aliphatic rings. The highest BCUT2D eigenvalue weighted by Crippen LogP contribution is 2.37. The number of nitrogens with zero attached hydrogens (tertiary/aromatic N) is 6. The van der Waals surface area contributed by atoms with Crippen molar-refractivity contribution in [3.05, 3.63) is 66.6 Å². The zero-order valence-electron chi connectivity index (χ0n) is 21.2. The van der Waals surface area contributed by atoms with Gasteiger partial charge in [-0.1, -0.05) is 13.0 Å². The molecule has 1 aromatic carbocycles. The molecule has 0 N–H and O–H groups in total. The number of pyridine rings is 1. The molecule has 194 valence electrons. The van der Waals surface area contributed by atoms with Crippen molar-refractivity contribution in [1.29, 1.82) is 0 Å². The van der Waals surface area contributed by atoms with E-state index in [1.54, 1.807) is 55.1 Å². The van der Waals surface area contributed by atoms with Crippen LogP contribution in [-0.4, -0.2) is 64.7 Å². The van der Waals surface area contributed by atoms with Gasteiger partial charge in [-0.3, -0.25) is 14.5 Å². The van der Waals surface area contributed by atoms with Gasteiger partial charge in [-0.15, -0.1) is 10.2 Å². The first kappa shape index (κ1) is 26.0. The van der Waals surface area contributed by atoms with Crippen molar-refractivity contribution < 1.29 is 22.6 Å². The maximum Gasteiger partial charge on any atom is 0.231 e. The van der Waals surface area contributed by atoms with Gasteiger partial charge in [0.25, 0.3) is 0 Å². The second-order valence-corrected chi connectivity index (χ2v) is 10.7. The Morgan fingerprint density at radius 2 is 1.62 bits per heavy atom. The van der Waals surface area contributed by atoms with Gasteiger partial charge in [0, 0.05) is 23.9 Å². The number of ether oxygens (including phenoxy) is 3. The van der Waals surface area contributed by atoms with Crippen molar-refractivity contribution in [2.45, 2.75) is 30.8 Å². The van der Waals surface area contributed by atoms with E-state index < -0.39 is 21.0 Å². The minimum Gasteiger partial charge on any atom is -0.494 e. The molecule has 3 heterocycles. The number of rotatable bonds is 10. The highest BCUT2D eigenvalue weighted by Gasteiger charge is 2.32. The van der Waals surface area contributed by atoms with Crippen LogP contribution >= 0.6 is 0 Å². The molecule has 12 heteroatoms. The van der Waals surface area contributed by atoms with E-state index in [9.17, 15) is 8.42 Å². The van der Waals surface area contributed by atoms with Crippen LogP contribution in [0.25, 0.3) is 17.1 Å². The summed E-state index contributed by atoms with van der Waals surface area (Å²) in [6.45, 7) is 3.45. The van der Waals surface area contributed by atoms with Crippen LogP contribution in [-0.2, 0) is 15.6 Å². The minimum absolute atomic E-state index is 0.210. The van der Waals surface area contributed by atoms with E-state index >= 15 is 0 Å². The Morgan fingerprint density at radius 3 is 2.19 bits per heavy atom. The van der Waals surface area contributed by atoms with E-state index in [4.69, 9.17) is 14.2 Å². The Kier molecular flexibility index (Phi) is 7.67. The van der Waals surface area contributed by atoms with Crippen molar-refractivity contribution in [2.75, 3.05) is 21.3 Å². The van der Waals surface area contributed by atoms with E-state index in [1.165, 1.54) is 33.7 Å². The van der Waals surface area contributed by atoms with Crippen LogP contribution in [0, 0.1) is 0 Å². The third-order valence-corrected chi connectivity index (χ3v) is 8.40. The summed E-state index contributed by atoms with van der Waals surface area (Å²) in [6, 6.07) is 8.89. The Morgan fingerprint density at radius 1 is 0.892 bits per heavy atom. The molecular weight excluding hydrogens is 496 g/mol. The summed E-state index contributed by atoms with van der Waals surface area (Å²) in [5.74, 6) is 1.10. The molecule has 0 saturated heterocycles. The van der Waals surface area contributed by atoms with Crippen molar-refractivity contribution in [1.82, 2.24) is 29.7 Å². The second kappa shape index (κ2) is 10.9. The van der Waals surface area contributed by atoms with Gasteiger partial charge in [0.1, 0.15) is 22.9 Å². The topological polar surface area (TPSA) is 131 Å². The van der Waals surface area contributed by atoms with Crippen LogP contribution in [0.1, 0.15) is 31.3 Å². The van der Waals surface area contributed by atoms with Gasteiger partial charge >= 0.3 is 0 Å². The summed E-state index contributed by atoms with van der Waals surface area (Å²) in [6.07, 6.45) is 6.27. The van der Waals surface area contributed by atoms with Gasteiger partial charge in [-0.2, -0.15) is 0 Å². The fraction of sp³-hybridized carbons (Fsp3) is 0.320. The lowest BCUT2D eigenvalue weighted by Gasteiger charge is -2.21. The highest BCUT2D eigenvalue weighted by atomic mass is 32.2. The van der Waals surface area contributed by atoms with E-state index in [1.807, 2.05) is 6.07 Å². The molecule has 0 unspecified atom stereocenters. The molecule has 0 bridgehead atoms. The SMILES string of the molecule is COc1cnc([C@@H](C)[C@H](C)S(=O)(=O)Cc2nnc(-c3cccnc3)n2-c2c(OC)cccc2OC)cn1. The van der Waals surface area contributed by atoms with Crippen LogP contribution in [0.2, 0.25) is 0 Å².